The van der Waals surface area contributed by atoms with Gasteiger partial charge in [0.15, 0.2) is 3.95 Å². The summed E-state index contributed by atoms with van der Waals surface area (Å²) >= 11 is 6.83. The molecule has 0 bridgehead atoms. The quantitative estimate of drug-likeness (QED) is 0.776. The topological polar surface area (TPSA) is 31.1 Å². The van der Waals surface area contributed by atoms with E-state index in [1.165, 1.54) is 10.4 Å². The summed E-state index contributed by atoms with van der Waals surface area (Å²) in [4.78, 5) is 5.54. The Kier molecular flexibility index (Phi) is 2.74. The molecule has 3 nitrogen and oxygen atoms in total. The normalized spacial score (nSPS) is 16.7. The molecule has 0 aliphatic carbocycles. The Labute approximate surface area is 109 Å². The van der Waals surface area contributed by atoms with Gasteiger partial charge in [0.25, 0.3) is 0 Å². The van der Waals surface area contributed by atoms with Crippen LogP contribution in [0.1, 0.15) is 0 Å². The van der Waals surface area contributed by atoms with Crippen molar-refractivity contribution in [3.8, 4) is 0 Å². The molecule has 0 saturated carbocycles. The number of thiazole rings is 1. The van der Waals surface area contributed by atoms with E-state index in [2.05, 4.69) is 40.0 Å². The first-order valence-electron chi connectivity index (χ1n) is 5.53. The van der Waals surface area contributed by atoms with Crippen LogP contribution in [0, 0.1) is 3.95 Å². The number of fused-ring (bicyclic) bond motifs is 1. The third kappa shape index (κ3) is 1.90. The molecule has 17 heavy (non-hydrogen) atoms. The predicted octanol–water partition coefficient (Wildman–Crippen LogP) is 2.88. The first-order valence-corrected chi connectivity index (χ1v) is 6.76. The maximum absolute atomic E-state index is 5.21. The third-order valence-corrected chi connectivity index (χ3v) is 4.15. The van der Waals surface area contributed by atoms with Crippen molar-refractivity contribution in [2.45, 2.75) is 0 Å². The van der Waals surface area contributed by atoms with E-state index in [-0.39, 0.29) is 0 Å². The second-order valence-electron chi connectivity index (χ2n) is 4.06. The first kappa shape index (κ1) is 11.0. The van der Waals surface area contributed by atoms with Crippen LogP contribution in [-0.2, 0) is 0 Å². The first-order chi connectivity index (χ1) is 8.25. The van der Waals surface area contributed by atoms with Crippen LogP contribution >= 0.6 is 23.6 Å². The lowest BCUT2D eigenvalue weighted by atomic mass is 10.2. The van der Waals surface area contributed by atoms with Gasteiger partial charge in [0.05, 0.1) is 15.9 Å². The fourth-order valence-electron chi connectivity index (χ4n) is 2.15. The average Bonchev–Trinajstić information content (AvgIpc) is 2.70. The number of hydrogen-bond acceptors (Lipinski definition) is 4. The predicted molar refractivity (Wildman–Crippen MR) is 76.4 cm³/mol. The van der Waals surface area contributed by atoms with E-state index in [1.54, 1.807) is 11.3 Å². The van der Waals surface area contributed by atoms with Crippen LogP contribution in [0.3, 0.4) is 0 Å². The lowest BCUT2D eigenvalue weighted by Gasteiger charge is -2.31. The van der Waals surface area contributed by atoms with E-state index in [4.69, 9.17) is 12.2 Å². The van der Waals surface area contributed by atoms with Crippen molar-refractivity contribution in [1.82, 2.24) is 10.3 Å². The lowest BCUT2D eigenvalue weighted by Crippen LogP contribution is -2.41. The summed E-state index contributed by atoms with van der Waals surface area (Å²) in [5.41, 5.74) is 3.42. The number of hydrogen-bond donors (Lipinski definition) is 2. The Morgan fingerprint density at radius 3 is 3.12 bits per heavy atom. The van der Waals surface area contributed by atoms with E-state index in [9.17, 15) is 0 Å². The smallest absolute Gasteiger partial charge is 0.159 e. The number of H-pyrrole nitrogens is 1. The van der Waals surface area contributed by atoms with E-state index in [1.807, 2.05) is 0 Å². The van der Waals surface area contributed by atoms with Gasteiger partial charge in [-0.25, -0.2) is 0 Å². The summed E-state index contributed by atoms with van der Waals surface area (Å²) in [7, 11) is 0. The Hall–Kier alpha value is -1.17. The summed E-state index contributed by atoms with van der Waals surface area (Å²) in [6.07, 6.45) is 0. The Balaban J connectivity index is 2.15. The number of benzene rings is 1. The van der Waals surface area contributed by atoms with E-state index in [0.717, 1.165) is 34.8 Å². The summed E-state index contributed by atoms with van der Waals surface area (Å²) in [5.74, 6) is 0. The molecule has 1 aromatic heterocycles. The molecule has 1 saturated heterocycles. The highest BCUT2D eigenvalue weighted by Gasteiger charge is 2.17. The molecule has 1 aromatic carbocycles. The van der Waals surface area contributed by atoms with E-state index < -0.39 is 0 Å². The van der Waals surface area contributed by atoms with Gasteiger partial charge in [0.2, 0.25) is 0 Å². The SMILES string of the molecule is C=C1CNCCN1c1cccc2sc(=S)[nH]c12. The minimum atomic E-state index is 0.827. The zero-order chi connectivity index (χ0) is 11.8. The molecule has 0 spiro atoms. The fourth-order valence-corrected chi connectivity index (χ4v) is 3.28. The van der Waals surface area contributed by atoms with Gasteiger partial charge in [-0.05, 0) is 24.4 Å². The van der Waals surface area contributed by atoms with Crippen molar-refractivity contribution in [3.05, 3.63) is 34.4 Å². The highest BCUT2D eigenvalue weighted by atomic mass is 32.1. The second-order valence-corrected chi connectivity index (χ2v) is 5.78. The molecule has 1 aliphatic rings. The highest BCUT2D eigenvalue weighted by molar-refractivity contribution is 7.73. The van der Waals surface area contributed by atoms with Crippen molar-refractivity contribution in [1.29, 1.82) is 0 Å². The average molecular weight is 263 g/mol. The molecule has 2 heterocycles. The van der Waals surface area contributed by atoms with Crippen LogP contribution in [0.5, 0.6) is 0 Å². The Morgan fingerprint density at radius 2 is 2.29 bits per heavy atom. The van der Waals surface area contributed by atoms with Crippen LogP contribution in [0.25, 0.3) is 10.2 Å². The maximum atomic E-state index is 5.21. The molecule has 2 N–H and O–H groups in total. The minimum Gasteiger partial charge on any atom is -0.341 e. The summed E-state index contributed by atoms with van der Waals surface area (Å²) in [6, 6.07) is 6.30. The lowest BCUT2D eigenvalue weighted by molar-refractivity contribution is 0.649. The minimum absolute atomic E-state index is 0.827. The summed E-state index contributed by atoms with van der Waals surface area (Å²) in [5, 5.41) is 3.32. The van der Waals surface area contributed by atoms with Crippen LogP contribution < -0.4 is 10.2 Å². The number of aromatic amines is 1. The molecule has 2 aromatic rings. The van der Waals surface area contributed by atoms with Crippen molar-refractivity contribution < 1.29 is 0 Å². The molecule has 0 atom stereocenters. The van der Waals surface area contributed by atoms with Crippen molar-refractivity contribution in [2.75, 3.05) is 24.5 Å². The third-order valence-electron chi connectivity index (χ3n) is 2.95. The number of para-hydroxylation sites is 1. The number of nitrogens with zero attached hydrogens (tertiary/aromatic N) is 1. The molecule has 3 rings (SSSR count). The highest BCUT2D eigenvalue weighted by Crippen LogP contribution is 2.31. The van der Waals surface area contributed by atoms with E-state index in [0.29, 0.717) is 0 Å². The zero-order valence-electron chi connectivity index (χ0n) is 9.32. The molecular weight excluding hydrogens is 250 g/mol. The molecule has 0 unspecified atom stereocenters. The van der Waals surface area contributed by atoms with E-state index >= 15 is 0 Å². The molecule has 0 amide bonds. The fraction of sp³-hybridized carbons (Fsp3) is 0.250. The number of aromatic nitrogens is 1. The zero-order valence-corrected chi connectivity index (χ0v) is 11.0. The number of nitrogens with one attached hydrogen (secondary N) is 2. The second kappa shape index (κ2) is 4.25. The molecule has 1 fully saturated rings. The van der Waals surface area contributed by atoms with Crippen molar-refractivity contribution in [3.63, 3.8) is 0 Å². The molecule has 0 radical (unpaired) electrons. The monoisotopic (exact) mass is 263 g/mol. The summed E-state index contributed by atoms with van der Waals surface area (Å²) < 4.78 is 2.03. The number of piperazine rings is 1. The van der Waals surface area contributed by atoms with Gasteiger partial charge in [0, 0.05) is 25.3 Å². The van der Waals surface area contributed by atoms with Gasteiger partial charge in [-0.1, -0.05) is 12.6 Å². The Bertz CT molecular complexity index is 626. The maximum Gasteiger partial charge on any atom is 0.159 e. The van der Waals surface area contributed by atoms with Crippen LogP contribution in [0.15, 0.2) is 30.5 Å². The number of anilines is 1. The molecule has 88 valence electrons. The van der Waals surface area contributed by atoms with Gasteiger partial charge in [-0.2, -0.15) is 0 Å². The Morgan fingerprint density at radius 1 is 1.41 bits per heavy atom. The van der Waals surface area contributed by atoms with Crippen LogP contribution in [-0.4, -0.2) is 24.6 Å². The molecular formula is C12H13N3S2. The standard InChI is InChI=1S/C12H13N3S2/c1-8-7-13-5-6-15(8)9-3-2-4-10-11(9)14-12(16)17-10/h2-4,13H,1,5-7H2,(H,14,16). The molecule has 5 heteroatoms. The molecule has 1 aliphatic heterocycles. The van der Waals surface area contributed by atoms with Crippen LogP contribution in [0.4, 0.5) is 5.69 Å². The largest absolute Gasteiger partial charge is 0.341 e. The van der Waals surface area contributed by atoms with Gasteiger partial charge in [-0.3, -0.25) is 0 Å². The van der Waals surface area contributed by atoms with Crippen molar-refractivity contribution >= 4 is 39.5 Å². The van der Waals surface area contributed by atoms with Gasteiger partial charge < -0.3 is 15.2 Å². The number of rotatable bonds is 1. The summed E-state index contributed by atoms with van der Waals surface area (Å²) in [6.45, 7) is 6.90. The van der Waals surface area contributed by atoms with Gasteiger partial charge in [-0.15, -0.1) is 11.3 Å². The van der Waals surface area contributed by atoms with Crippen LogP contribution in [0.2, 0.25) is 0 Å². The van der Waals surface area contributed by atoms with Crippen molar-refractivity contribution in [2.24, 2.45) is 0 Å². The van der Waals surface area contributed by atoms with Gasteiger partial charge >= 0.3 is 0 Å². The van der Waals surface area contributed by atoms with Gasteiger partial charge in [0.1, 0.15) is 0 Å².